The van der Waals surface area contributed by atoms with E-state index in [1.807, 2.05) is 25.3 Å². The van der Waals surface area contributed by atoms with Crippen molar-refractivity contribution in [3.63, 3.8) is 0 Å². The van der Waals surface area contributed by atoms with Gasteiger partial charge in [-0.2, -0.15) is 10.1 Å². The third-order valence-electron chi connectivity index (χ3n) is 4.99. The van der Waals surface area contributed by atoms with Crippen LogP contribution in [0.3, 0.4) is 0 Å². The molecule has 1 aliphatic rings. The number of piperazine rings is 1. The molecule has 2 amide bonds. The summed E-state index contributed by atoms with van der Waals surface area (Å²) in [5, 5.41) is 4.09. The molecule has 138 valence electrons. The molecular formula is C19H20N6O2. The van der Waals surface area contributed by atoms with E-state index >= 15 is 0 Å². The number of benzene rings is 1. The molecule has 0 radical (unpaired) electrons. The number of rotatable bonds is 3. The molecule has 8 nitrogen and oxygen atoms in total. The summed E-state index contributed by atoms with van der Waals surface area (Å²) in [5.41, 5.74) is 2.38. The van der Waals surface area contributed by atoms with Crippen LogP contribution in [0, 0.1) is 0 Å². The van der Waals surface area contributed by atoms with Gasteiger partial charge in [0.15, 0.2) is 0 Å². The maximum atomic E-state index is 12.9. The Morgan fingerprint density at radius 1 is 1.15 bits per heavy atom. The first-order valence-corrected chi connectivity index (χ1v) is 8.94. The summed E-state index contributed by atoms with van der Waals surface area (Å²) < 4.78 is 1.61. The van der Waals surface area contributed by atoms with Crippen LogP contribution in [0.4, 0.5) is 0 Å². The fourth-order valence-corrected chi connectivity index (χ4v) is 3.36. The highest BCUT2D eigenvalue weighted by molar-refractivity contribution is 5.98. The van der Waals surface area contributed by atoms with Gasteiger partial charge >= 0.3 is 0 Å². The largest absolute Gasteiger partial charge is 0.339 e. The van der Waals surface area contributed by atoms with Crippen LogP contribution in [-0.2, 0) is 4.79 Å². The van der Waals surface area contributed by atoms with Crippen LogP contribution in [0.1, 0.15) is 24.2 Å². The Morgan fingerprint density at radius 2 is 1.93 bits per heavy atom. The van der Waals surface area contributed by atoms with Crippen LogP contribution in [0.25, 0.3) is 16.9 Å². The van der Waals surface area contributed by atoms with Crippen molar-refractivity contribution in [1.82, 2.24) is 29.4 Å². The lowest BCUT2D eigenvalue weighted by Crippen LogP contribution is -2.57. The van der Waals surface area contributed by atoms with Crippen molar-refractivity contribution in [3.8, 4) is 11.1 Å². The maximum Gasteiger partial charge on any atom is 0.254 e. The molecule has 1 saturated heterocycles. The summed E-state index contributed by atoms with van der Waals surface area (Å²) in [5.74, 6) is 0.416. The Balaban J connectivity index is 1.55. The van der Waals surface area contributed by atoms with Crippen LogP contribution in [0.5, 0.6) is 0 Å². The summed E-state index contributed by atoms with van der Waals surface area (Å²) in [4.78, 5) is 36.9. The lowest BCUT2D eigenvalue weighted by Gasteiger charge is -2.38. The van der Waals surface area contributed by atoms with Gasteiger partial charge in [0.2, 0.25) is 5.91 Å². The summed E-state index contributed by atoms with van der Waals surface area (Å²) in [6, 6.07) is 6.88. The fraction of sp³-hybridized carbons (Fsp3) is 0.316. The lowest BCUT2D eigenvalue weighted by molar-refractivity contribution is -0.139. The first kappa shape index (κ1) is 17.1. The molecule has 0 unspecified atom stereocenters. The van der Waals surface area contributed by atoms with E-state index in [0.717, 1.165) is 11.1 Å². The molecule has 2 aromatic heterocycles. The predicted octanol–water partition coefficient (Wildman–Crippen LogP) is 1.48. The normalized spacial score (nSPS) is 17.6. The Hall–Kier alpha value is -3.29. The Labute approximate surface area is 156 Å². The Bertz CT molecular complexity index is 997. The second-order valence-electron chi connectivity index (χ2n) is 6.52. The molecule has 1 atom stereocenters. The third kappa shape index (κ3) is 3.03. The average Bonchev–Trinajstić information content (AvgIpc) is 3.17. The zero-order chi connectivity index (χ0) is 19.0. The minimum atomic E-state index is -0.440. The average molecular weight is 364 g/mol. The van der Waals surface area contributed by atoms with Crippen molar-refractivity contribution < 1.29 is 9.59 Å². The highest BCUT2D eigenvalue weighted by Gasteiger charge is 2.33. The molecule has 0 saturated carbocycles. The standard InChI is InChI=1S/C19H20N6O2/c1-3-23-8-9-24(13(2)17(23)26)18(27)15-6-4-14(5-7-15)16-10-20-19-21-12-22-25(19)11-16/h4-7,10-13H,3,8-9H2,1-2H3/t13-/m0/s1. The van der Waals surface area contributed by atoms with Gasteiger partial charge in [0.05, 0.1) is 0 Å². The molecule has 27 heavy (non-hydrogen) atoms. The molecule has 0 N–H and O–H groups in total. The van der Waals surface area contributed by atoms with Gasteiger partial charge in [-0.05, 0) is 31.5 Å². The van der Waals surface area contributed by atoms with E-state index in [4.69, 9.17) is 0 Å². The van der Waals surface area contributed by atoms with Gasteiger partial charge in [0.1, 0.15) is 12.4 Å². The first-order chi connectivity index (χ1) is 13.1. The molecule has 1 aliphatic heterocycles. The molecule has 3 heterocycles. The smallest absolute Gasteiger partial charge is 0.254 e. The van der Waals surface area contributed by atoms with Gasteiger partial charge in [-0.3, -0.25) is 9.59 Å². The number of likely N-dealkylation sites (N-methyl/N-ethyl adjacent to an activating group) is 1. The van der Waals surface area contributed by atoms with Gasteiger partial charge in [0.25, 0.3) is 11.7 Å². The van der Waals surface area contributed by atoms with Gasteiger partial charge < -0.3 is 9.80 Å². The van der Waals surface area contributed by atoms with Crippen LogP contribution in [0.2, 0.25) is 0 Å². The van der Waals surface area contributed by atoms with E-state index < -0.39 is 6.04 Å². The van der Waals surface area contributed by atoms with Gasteiger partial charge in [0, 0.05) is 43.2 Å². The van der Waals surface area contributed by atoms with Crippen molar-refractivity contribution in [2.24, 2.45) is 0 Å². The number of hydrogen-bond acceptors (Lipinski definition) is 5. The van der Waals surface area contributed by atoms with Crippen molar-refractivity contribution >= 4 is 17.6 Å². The second-order valence-corrected chi connectivity index (χ2v) is 6.52. The zero-order valence-corrected chi connectivity index (χ0v) is 15.2. The van der Waals surface area contributed by atoms with Gasteiger partial charge in [-0.25, -0.2) is 9.50 Å². The maximum absolute atomic E-state index is 12.9. The number of hydrogen-bond donors (Lipinski definition) is 0. The van der Waals surface area contributed by atoms with Crippen molar-refractivity contribution in [3.05, 3.63) is 48.5 Å². The summed E-state index contributed by atoms with van der Waals surface area (Å²) in [7, 11) is 0. The number of nitrogens with zero attached hydrogens (tertiary/aromatic N) is 6. The van der Waals surface area contributed by atoms with Crippen LogP contribution in [0.15, 0.2) is 43.0 Å². The van der Waals surface area contributed by atoms with Crippen molar-refractivity contribution in [2.45, 2.75) is 19.9 Å². The van der Waals surface area contributed by atoms with E-state index in [1.54, 1.807) is 39.6 Å². The van der Waals surface area contributed by atoms with E-state index in [2.05, 4.69) is 15.1 Å². The number of fused-ring (bicyclic) bond motifs is 1. The predicted molar refractivity (Wildman–Crippen MR) is 99.0 cm³/mol. The van der Waals surface area contributed by atoms with Crippen LogP contribution < -0.4 is 0 Å². The van der Waals surface area contributed by atoms with E-state index in [9.17, 15) is 9.59 Å². The van der Waals surface area contributed by atoms with Crippen LogP contribution in [-0.4, -0.2) is 66.9 Å². The van der Waals surface area contributed by atoms with Gasteiger partial charge in [-0.15, -0.1) is 0 Å². The lowest BCUT2D eigenvalue weighted by atomic mass is 10.0. The zero-order valence-electron chi connectivity index (χ0n) is 15.2. The Kier molecular flexibility index (Phi) is 4.31. The highest BCUT2D eigenvalue weighted by atomic mass is 16.2. The minimum absolute atomic E-state index is 0.000860. The third-order valence-corrected chi connectivity index (χ3v) is 4.99. The monoisotopic (exact) mass is 364 g/mol. The van der Waals surface area contributed by atoms with E-state index in [-0.39, 0.29) is 11.8 Å². The first-order valence-electron chi connectivity index (χ1n) is 8.94. The quantitative estimate of drug-likeness (QED) is 0.703. The summed E-state index contributed by atoms with van der Waals surface area (Å²) >= 11 is 0. The summed E-state index contributed by atoms with van der Waals surface area (Å²) in [6.07, 6.45) is 5.02. The highest BCUT2D eigenvalue weighted by Crippen LogP contribution is 2.21. The van der Waals surface area contributed by atoms with Gasteiger partial charge in [-0.1, -0.05) is 12.1 Å². The minimum Gasteiger partial charge on any atom is -0.339 e. The van der Waals surface area contributed by atoms with Crippen molar-refractivity contribution in [2.75, 3.05) is 19.6 Å². The molecule has 0 aliphatic carbocycles. The topological polar surface area (TPSA) is 83.7 Å². The molecule has 4 rings (SSSR count). The van der Waals surface area contributed by atoms with E-state index in [0.29, 0.717) is 31.0 Å². The number of carbonyl (C=O) groups excluding carboxylic acids is 2. The van der Waals surface area contributed by atoms with E-state index in [1.165, 1.54) is 6.33 Å². The second kappa shape index (κ2) is 6.79. The molecular weight excluding hydrogens is 344 g/mol. The van der Waals surface area contributed by atoms with Crippen LogP contribution >= 0.6 is 0 Å². The number of aromatic nitrogens is 4. The van der Waals surface area contributed by atoms with Crippen molar-refractivity contribution in [1.29, 1.82) is 0 Å². The molecule has 0 bridgehead atoms. The SMILES string of the molecule is CCN1CCN(C(=O)c2ccc(-c3cnc4ncnn4c3)cc2)[C@@H](C)C1=O. The molecule has 1 aromatic carbocycles. The molecule has 1 fully saturated rings. The number of amides is 2. The molecule has 8 heteroatoms. The Morgan fingerprint density at radius 3 is 2.67 bits per heavy atom. The molecule has 0 spiro atoms. The fourth-order valence-electron chi connectivity index (χ4n) is 3.36. The molecule has 3 aromatic rings. The number of carbonyl (C=O) groups is 2. The summed E-state index contributed by atoms with van der Waals surface area (Å²) in [6.45, 7) is 5.53.